The Bertz CT molecular complexity index is 471. The van der Waals surface area contributed by atoms with Crippen LogP contribution in [-0.4, -0.2) is 26.8 Å². The van der Waals surface area contributed by atoms with Gasteiger partial charge in [-0.3, -0.25) is 4.72 Å². The summed E-state index contributed by atoms with van der Waals surface area (Å²) in [6, 6.07) is 6.87. The van der Waals surface area contributed by atoms with Gasteiger partial charge in [-0.05, 0) is 25.1 Å². The lowest BCUT2D eigenvalue weighted by Gasteiger charge is -2.27. The standard InChI is InChI=1S/C10H13ClN2O2S/c11-9-3-1-2-4-10(9)13-16(14,15)7-8-5-6-12-8/h1-4,8,12-13H,5-7H2. The molecule has 1 unspecified atom stereocenters. The van der Waals surface area contributed by atoms with E-state index in [1.807, 2.05) is 0 Å². The van der Waals surface area contributed by atoms with Gasteiger partial charge in [0.05, 0.1) is 16.5 Å². The molecule has 0 bridgehead atoms. The van der Waals surface area contributed by atoms with E-state index in [9.17, 15) is 8.42 Å². The van der Waals surface area contributed by atoms with Crippen LogP contribution in [0, 0.1) is 0 Å². The molecular formula is C10H13ClN2O2S. The molecule has 0 radical (unpaired) electrons. The van der Waals surface area contributed by atoms with Crippen molar-refractivity contribution in [3.8, 4) is 0 Å². The van der Waals surface area contributed by atoms with Crippen LogP contribution in [0.3, 0.4) is 0 Å². The van der Waals surface area contributed by atoms with Crippen molar-refractivity contribution in [3.63, 3.8) is 0 Å². The van der Waals surface area contributed by atoms with Gasteiger partial charge in [-0.1, -0.05) is 23.7 Å². The summed E-state index contributed by atoms with van der Waals surface area (Å²) in [7, 11) is -3.31. The van der Waals surface area contributed by atoms with Crippen LogP contribution in [0.25, 0.3) is 0 Å². The Morgan fingerprint density at radius 2 is 2.12 bits per heavy atom. The lowest BCUT2D eigenvalue weighted by molar-refractivity contribution is 0.399. The zero-order valence-corrected chi connectivity index (χ0v) is 10.2. The number of hydrogen-bond donors (Lipinski definition) is 2. The van der Waals surface area contributed by atoms with E-state index in [1.54, 1.807) is 24.3 Å². The molecule has 2 N–H and O–H groups in total. The van der Waals surface area contributed by atoms with E-state index < -0.39 is 10.0 Å². The van der Waals surface area contributed by atoms with Gasteiger partial charge in [0.25, 0.3) is 0 Å². The van der Waals surface area contributed by atoms with Crippen molar-refractivity contribution >= 4 is 27.3 Å². The molecule has 1 aromatic rings. The molecule has 6 heteroatoms. The fraction of sp³-hybridized carbons (Fsp3) is 0.400. The van der Waals surface area contributed by atoms with Gasteiger partial charge in [0, 0.05) is 6.04 Å². The maximum Gasteiger partial charge on any atom is 0.234 e. The lowest BCUT2D eigenvalue weighted by atomic mass is 10.1. The number of benzene rings is 1. The van der Waals surface area contributed by atoms with Gasteiger partial charge in [-0.2, -0.15) is 0 Å². The average Bonchev–Trinajstić information content (AvgIpc) is 2.16. The largest absolute Gasteiger partial charge is 0.313 e. The summed E-state index contributed by atoms with van der Waals surface area (Å²) in [6.07, 6.45) is 0.906. The Balaban J connectivity index is 2.05. The Hall–Kier alpha value is -0.780. The summed E-state index contributed by atoms with van der Waals surface area (Å²) in [4.78, 5) is 0. The quantitative estimate of drug-likeness (QED) is 0.861. The van der Waals surface area contributed by atoms with Crippen molar-refractivity contribution in [2.24, 2.45) is 0 Å². The van der Waals surface area contributed by atoms with Crippen molar-refractivity contribution in [2.45, 2.75) is 12.5 Å². The van der Waals surface area contributed by atoms with Gasteiger partial charge < -0.3 is 5.32 Å². The third kappa shape index (κ3) is 2.87. The van der Waals surface area contributed by atoms with Crippen molar-refractivity contribution in [1.29, 1.82) is 0 Å². The molecular weight excluding hydrogens is 248 g/mol. The van der Waals surface area contributed by atoms with Crippen LogP contribution in [0.2, 0.25) is 5.02 Å². The van der Waals surface area contributed by atoms with Gasteiger partial charge in [0.15, 0.2) is 0 Å². The summed E-state index contributed by atoms with van der Waals surface area (Å²) in [5.74, 6) is 0.0955. The Morgan fingerprint density at radius 1 is 1.44 bits per heavy atom. The molecule has 1 saturated heterocycles. The van der Waals surface area contributed by atoms with Gasteiger partial charge in [0.2, 0.25) is 10.0 Å². The van der Waals surface area contributed by atoms with Crippen LogP contribution >= 0.6 is 11.6 Å². The van der Waals surface area contributed by atoms with Crippen LogP contribution in [0.15, 0.2) is 24.3 Å². The topological polar surface area (TPSA) is 58.2 Å². The second-order valence-corrected chi connectivity index (χ2v) is 5.98. The first-order chi connectivity index (χ1) is 7.57. The third-order valence-electron chi connectivity index (χ3n) is 2.49. The van der Waals surface area contributed by atoms with Crippen molar-refractivity contribution in [1.82, 2.24) is 5.32 Å². The minimum atomic E-state index is -3.31. The first kappa shape index (κ1) is 11.7. The van der Waals surface area contributed by atoms with Crippen LogP contribution in [-0.2, 0) is 10.0 Å². The molecule has 0 spiro atoms. The minimum Gasteiger partial charge on any atom is -0.313 e. The van der Waals surface area contributed by atoms with Crippen LogP contribution in [0.1, 0.15) is 6.42 Å². The minimum absolute atomic E-state index is 0.0694. The Morgan fingerprint density at radius 3 is 2.69 bits per heavy atom. The number of para-hydroxylation sites is 1. The molecule has 0 amide bonds. The molecule has 88 valence electrons. The highest BCUT2D eigenvalue weighted by Crippen LogP contribution is 2.22. The maximum absolute atomic E-state index is 11.7. The number of anilines is 1. The average molecular weight is 261 g/mol. The van der Waals surface area contributed by atoms with Gasteiger partial charge >= 0.3 is 0 Å². The molecule has 16 heavy (non-hydrogen) atoms. The SMILES string of the molecule is O=S(=O)(CC1CCN1)Nc1ccccc1Cl. The molecule has 1 heterocycles. The van der Waals surface area contributed by atoms with Gasteiger partial charge in [0.1, 0.15) is 0 Å². The number of halogens is 1. The van der Waals surface area contributed by atoms with E-state index in [4.69, 9.17) is 11.6 Å². The molecule has 1 aromatic carbocycles. The molecule has 0 aliphatic carbocycles. The third-order valence-corrected chi connectivity index (χ3v) is 4.19. The van der Waals surface area contributed by atoms with E-state index in [1.165, 1.54) is 0 Å². The molecule has 1 atom stereocenters. The van der Waals surface area contributed by atoms with E-state index in [2.05, 4.69) is 10.0 Å². The van der Waals surface area contributed by atoms with E-state index in [0.29, 0.717) is 10.7 Å². The molecule has 0 aromatic heterocycles. The van der Waals surface area contributed by atoms with E-state index in [0.717, 1.165) is 13.0 Å². The van der Waals surface area contributed by atoms with E-state index >= 15 is 0 Å². The number of rotatable bonds is 4. The smallest absolute Gasteiger partial charge is 0.234 e. The molecule has 1 aliphatic heterocycles. The van der Waals surface area contributed by atoms with Crippen LogP contribution in [0.4, 0.5) is 5.69 Å². The molecule has 0 saturated carbocycles. The highest BCUT2D eigenvalue weighted by atomic mass is 35.5. The fourth-order valence-electron chi connectivity index (χ4n) is 1.51. The molecule has 2 rings (SSSR count). The summed E-state index contributed by atoms with van der Waals surface area (Å²) < 4.78 is 26.0. The molecule has 1 aliphatic rings. The first-order valence-electron chi connectivity index (χ1n) is 5.05. The van der Waals surface area contributed by atoms with Crippen molar-refractivity contribution in [2.75, 3.05) is 17.0 Å². The second-order valence-electron chi connectivity index (χ2n) is 3.80. The first-order valence-corrected chi connectivity index (χ1v) is 7.08. The number of nitrogens with one attached hydrogen (secondary N) is 2. The Labute approximate surface area is 100 Å². The zero-order valence-electron chi connectivity index (χ0n) is 8.61. The highest BCUT2D eigenvalue weighted by Gasteiger charge is 2.24. The van der Waals surface area contributed by atoms with Crippen molar-refractivity contribution in [3.05, 3.63) is 29.3 Å². The lowest BCUT2D eigenvalue weighted by Crippen LogP contribution is -2.48. The second kappa shape index (κ2) is 4.61. The normalized spacial score (nSPS) is 20.2. The van der Waals surface area contributed by atoms with Crippen LogP contribution in [0.5, 0.6) is 0 Å². The fourth-order valence-corrected chi connectivity index (χ4v) is 3.16. The summed E-state index contributed by atoms with van der Waals surface area (Å²) in [6.45, 7) is 0.895. The highest BCUT2D eigenvalue weighted by molar-refractivity contribution is 7.92. The van der Waals surface area contributed by atoms with Gasteiger partial charge in [-0.15, -0.1) is 0 Å². The number of sulfonamides is 1. The summed E-state index contributed by atoms with van der Waals surface area (Å²) in [5.41, 5.74) is 0.434. The predicted molar refractivity (Wildman–Crippen MR) is 65.3 cm³/mol. The van der Waals surface area contributed by atoms with Crippen molar-refractivity contribution < 1.29 is 8.42 Å². The predicted octanol–water partition coefficient (Wildman–Crippen LogP) is 1.44. The monoisotopic (exact) mass is 260 g/mol. The summed E-state index contributed by atoms with van der Waals surface area (Å²) in [5, 5.41) is 3.46. The molecule has 1 fully saturated rings. The van der Waals surface area contributed by atoms with E-state index in [-0.39, 0.29) is 11.8 Å². The van der Waals surface area contributed by atoms with Crippen LogP contribution < -0.4 is 10.0 Å². The number of hydrogen-bond acceptors (Lipinski definition) is 3. The Kier molecular flexibility index (Phi) is 3.37. The van der Waals surface area contributed by atoms with Gasteiger partial charge in [-0.25, -0.2) is 8.42 Å². The zero-order chi connectivity index (χ0) is 11.6. The summed E-state index contributed by atoms with van der Waals surface area (Å²) >= 11 is 5.87. The molecule has 4 nitrogen and oxygen atoms in total. The maximum atomic E-state index is 11.7.